The summed E-state index contributed by atoms with van der Waals surface area (Å²) < 4.78 is 5.41. The smallest absolute Gasteiger partial charge is 0.329 e. The van der Waals surface area contributed by atoms with Crippen LogP contribution in [0.25, 0.3) is 0 Å². The fourth-order valence-corrected chi connectivity index (χ4v) is 2.15. The van der Waals surface area contributed by atoms with Gasteiger partial charge in [0.25, 0.3) is 0 Å². The molecule has 0 aromatic heterocycles. The number of nitrogens with zero attached hydrogens (tertiary/aromatic N) is 1. The maximum absolute atomic E-state index is 11.9. The zero-order valence-electron chi connectivity index (χ0n) is 14.2. The van der Waals surface area contributed by atoms with Crippen molar-refractivity contribution in [1.82, 2.24) is 5.43 Å². The lowest BCUT2D eigenvalue weighted by Crippen LogP contribution is -2.32. The molecule has 7 heteroatoms. The van der Waals surface area contributed by atoms with Crippen LogP contribution in [0.3, 0.4) is 0 Å². The molecular formula is C19H18ClN3O3. The molecule has 134 valence electrons. The van der Waals surface area contributed by atoms with Crippen LogP contribution >= 0.6 is 11.6 Å². The van der Waals surface area contributed by atoms with E-state index in [1.807, 2.05) is 0 Å². The molecule has 0 heterocycles. The lowest BCUT2D eigenvalue weighted by atomic mass is 10.2. The fraction of sp³-hybridized carbons (Fsp3) is 0.105. The summed E-state index contributed by atoms with van der Waals surface area (Å²) in [5, 5.41) is 6.77. The number of anilines is 1. The number of carbonyl (C=O) groups excluding carboxylic acids is 2. The molecule has 6 nitrogen and oxygen atoms in total. The van der Waals surface area contributed by atoms with Crippen molar-refractivity contribution in [3.8, 4) is 5.75 Å². The molecule has 0 saturated heterocycles. The second-order valence-corrected chi connectivity index (χ2v) is 5.65. The molecule has 2 aromatic carbocycles. The van der Waals surface area contributed by atoms with Gasteiger partial charge in [0, 0.05) is 10.7 Å². The summed E-state index contributed by atoms with van der Waals surface area (Å²) in [5.41, 5.74) is 4.03. The predicted octanol–water partition coefficient (Wildman–Crippen LogP) is 3.30. The Morgan fingerprint density at radius 3 is 2.77 bits per heavy atom. The summed E-state index contributed by atoms with van der Waals surface area (Å²) >= 11 is 5.98. The van der Waals surface area contributed by atoms with E-state index in [2.05, 4.69) is 22.4 Å². The van der Waals surface area contributed by atoms with Gasteiger partial charge in [0.05, 0.1) is 6.21 Å². The third-order valence-electron chi connectivity index (χ3n) is 3.33. The molecule has 0 aliphatic rings. The molecule has 0 fully saturated rings. The normalized spacial score (nSPS) is 10.4. The van der Waals surface area contributed by atoms with Gasteiger partial charge in [-0.25, -0.2) is 5.43 Å². The molecule has 2 aromatic rings. The molecular weight excluding hydrogens is 354 g/mol. The first-order chi connectivity index (χ1) is 12.5. The van der Waals surface area contributed by atoms with Gasteiger partial charge in [-0.3, -0.25) is 9.59 Å². The van der Waals surface area contributed by atoms with Crippen molar-refractivity contribution in [1.29, 1.82) is 0 Å². The van der Waals surface area contributed by atoms with Crippen LogP contribution < -0.4 is 15.5 Å². The number of nitrogens with one attached hydrogen (secondary N) is 2. The highest BCUT2D eigenvalue weighted by molar-refractivity contribution is 6.40. The summed E-state index contributed by atoms with van der Waals surface area (Å²) in [6.45, 7) is 5.71. The zero-order chi connectivity index (χ0) is 18.9. The van der Waals surface area contributed by atoms with Crippen molar-refractivity contribution in [3.63, 3.8) is 0 Å². The van der Waals surface area contributed by atoms with Crippen LogP contribution in [0.2, 0.25) is 5.02 Å². The second-order valence-electron chi connectivity index (χ2n) is 5.24. The summed E-state index contributed by atoms with van der Waals surface area (Å²) in [6.07, 6.45) is 3.05. The number of hydrogen-bond donors (Lipinski definition) is 2. The minimum atomic E-state index is -0.889. The van der Waals surface area contributed by atoms with Crippen LogP contribution in [0, 0.1) is 6.92 Å². The number of hydrazone groups is 1. The largest absolute Gasteiger partial charge is 0.490 e. The summed E-state index contributed by atoms with van der Waals surface area (Å²) in [7, 11) is 0. The van der Waals surface area contributed by atoms with Crippen molar-refractivity contribution in [3.05, 3.63) is 71.3 Å². The van der Waals surface area contributed by atoms with E-state index >= 15 is 0 Å². The number of carbonyl (C=O) groups is 2. The van der Waals surface area contributed by atoms with E-state index in [-0.39, 0.29) is 0 Å². The number of hydrogen-bond acceptors (Lipinski definition) is 4. The number of halogens is 1. The predicted molar refractivity (Wildman–Crippen MR) is 103 cm³/mol. The molecule has 0 atom stereocenters. The van der Waals surface area contributed by atoms with Crippen molar-refractivity contribution in [2.45, 2.75) is 6.92 Å². The molecule has 26 heavy (non-hydrogen) atoms. The Bertz CT molecular complexity index is 850. The van der Waals surface area contributed by atoms with Crippen LogP contribution in [0.4, 0.5) is 5.69 Å². The van der Waals surface area contributed by atoms with Crippen molar-refractivity contribution in [2.75, 3.05) is 11.9 Å². The van der Waals surface area contributed by atoms with E-state index in [1.54, 1.807) is 55.5 Å². The zero-order valence-corrected chi connectivity index (χ0v) is 14.9. The third kappa shape index (κ3) is 5.46. The Morgan fingerprint density at radius 1 is 1.23 bits per heavy atom. The van der Waals surface area contributed by atoms with Crippen molar-refractivity contribution < 1.29 is 14.3 Å². The summed E-state index contributed by atoms with van der Waals surface area (Å²) in [5.74, 6) is -1.08. The fourth-order valence-electron chi connectivity index (χ4n) is 1.98. The van der Waals surface area contributed by atoms with E-state index in [0.29, 0.717) is 34.2 Å². The Kier molecular flexibility index (Phi) is 6.93. The van der Waals surface area contributed by atoms with Crippen LogP contribution in [-0.2, 0) is 9.59 Å². The molecule has 0 saturated carbocycles. The van der Waals surface area contributed by atoms with Crippen LogP contribution in [-0.4, -0.2) is 24.6 Å². The van der Waals surface area contributed by atoms with Crippen molar-refractivity contribution in [2.24, 2.45) is 5.10 Å². The highest BCUT2D eigenvalue weighted by Crippen LogP contribution is 2.22. The van der Waals surface area contributed by atoms with Gasteiger partial charge >= 0.3 is 11.8 Å². The average Bonchev–Trinajstić information content (AvgIpc) is 2.64. The summed E-state index contributed by atoms with van der Waals surface area (Å²) in [4.78, 5) is 23.8. The van der Waals surface area contributed by atoms with Gasteiger partial charge in [-0.15, -0.1) is 0 Å². The highest BCUT2D eigenvalue weighted by Gasteiger charge is 2.14. The number of ether oxygens (including phenoxy) is 1. The molecule has 0 aliphatic carbocycles. The van der Waals surface area contributed by atoms with Crippen LogP contribution in [0.5, 0.6) is 5.75 Å². The average molecular weight is 372 g/mol. The van der Waals surface area contributed by atoms with E-state index in [1.165, 1.54) is 6.21 Å². The molecule has 2 N–H and O–H groups in total. The number of amides is 2. The Balaban J connectivity index is 1.93. The number of rotatable bonds is 6. The molecule has 0 radical (unpaired) electrons. The van der Waals surface area contributed by atoms with Gasteiger partial charge in [0.2, 0.25) is 0 Å². The van der Waals surface area contributed by atoms with Crippen molar-refractivity contribution >= 4 is 35.3 Å². The Hall–Kier alpha value is -3.12. The first kappa shape index (κ1) is 19.2. The molecule has 2 rings (SSSR count). The number of benzene rings is 2. The topological polar surface area (TPSA) is 79.8 Å². The first-order valence-corrected chi connectivity index (χ1v) is 8.12. The van der Waals surface area contributed by atoms with Gasteiger partial charge < -0.3 is 10.1 Å². The maximum atomic E-state index is 11.9. The highest BCUT2D eigenvalue weighted by atomic mass is 35.5. The Labute approximate surface area is 156 Å². The SMILES string of the molecule is C=CCOc1cccc(/C=N\NC(=O)C(=O)Nc2cccc(Cl)c2C)c1. The van der Waals surface area contributed by atoms with Gasteiger partial charge in [-0.05, 0) is 42.3 Å². The first-order valence-electron chi connectivity index (χ1n) is 7.74. The standard InChI is InChI=1S/C19H18ClN3O3/c1-3-10-26-15-7-4-6-14(11-15)12-21-23-19(25)18(24)22-17-9-5-8-16(20)13(17)2/h3-9,11-12H,1,10H2,2H3,(H,22,24)(H,23,25)/b21-12-. The van der Waals surface area contributed by atoms with Crippen LogP contribution in [0.1, 0.15) is 11.1 Å². The quantitative estimate of drug-likeness (QED) is 0.354. The maximum Gasteiger partial charge on any atom is 0.329 e. The monoisotopic (exact) mass is 371 g/mol. The molecule has 0 unspecified atom stereocenters. The summed E-state index contributed by atoms with van der Waals surface area (Å²) in [6, 6.07) is 12.1. The van der Waals surface area contributed by atoms with Crippen LogP contribution in [0.15, 0.2) is 60.2 Å². The lowest BCUT2D eigenvalue weighted by Gasteiger charge is -2.08. The minimum Gasteiger partial charge on any atom is -0.490 e. The van der Waals surface area contributed by atoms with E-state index in [9.17, 15) is 9.59 Å². The molecule has 0 aliphatic heterocycles. The van der Waals surface area contributed by atoms with E-state index < -0.39 is 11.8 Å². The van der Waals surface area contributed by atoms with Gasteiger partial charge in [-0.1, -0.05) is 42.5 Å². The third-order valence-corrected chi connectivity index (χ3v) is 3.74. The van der Waals surface area contributed by atoms with Gasteiger partial charge in [0.15, 0.2) is 0 Å². The lowest BCUT2D eigenvalue weighted by molar-refractivity contribution is -0.136. The molecule has 2 amide bonds. The van der Waals surface area contributed by atoms with E-state index in [4.69, 9.17) is 16.3 Å². The van der Waals surface area contributed by atoms with Gasteiger partial charge in [-0.2, -0.15) is 5.10 Å². The minimum absolute atomic E-state index is 0.389. The molecule has 0 spiro atoms. The van der Waals surface area contributed by atoms with E-state index in [0.717, 1.165) is 0 Å². The van der Waals surface area contributed by atoms with Gasteiger partial charge in [0.1, 0.15) is 12.4 Å². The molecule has 0 bridgehead atoms. The second kappa shape index (κ2) is 9.39. The Morgan fingerprint density at radius 2 is 2.00 bits per heavy atom.